The molecule has 18 heavy (non-hydrogen) atoms. The van der Waals surface area contributed by atoms with Crippen molar-refractivity contribution in [1.29, 1.82) is 0 Å². The normalized spacial score (nSPS) is 12.1. The summed E-state index contributed by atoms with van der Waals surface area (Å²) >= 11 is 1.68. The Morgan fingerprint density at radius 1 is 1.50 bits per heavy atom. The van der Waals surface area contributed by atoms with E-state index in [9.17, 15) is 4.79 Å². The Bertz CT molecular complexity index is 522. The fraction of sp³-hybridized carbons (Fsp3) is 0.286. The van der Waals surface area contributed by atoms with Crippen molar-refractivity contribution in [2.75, 3.05) is 7.11 Å². The number of nitrogens with zero attached hydrogens (tertiary/aromatic N) is 1. The second kappa shape index (κ2) is 5.78. The zero-order valence-corrected chi connectivity index (χ0v) is 11.2. The lowest BCUT2D eigenvalue weighted by Gasteiger charge is -2.09. The molecule has 0 fully saturated rings. The molecule has 3 nitrogen and oxygen atoms in total. The van der Waals surface area contributed by atoms with Gasteiger partial charge in [0.2, 0.25) is 0 Å². The standard InChI is InChI=1S/C14H15NO2S/c1-10(14(16)17-2)6-11-7-12(9-15-8-11)13-4-3-5-18-13/h3-5,7-10H,6H2,1-2H3. The van der Waals surface area contributed by atoms with Crippen LogP contribution in [-0.2, 0) is 16.0 Å². The summed E-state index contributed by atoms with van der Waals surface area (Å²) in [5.74, 6) is -0.327. The van der Waals surface area contributed by atoms with Crippen LogP contribution in [0.5, 0.6) is 0 Å². The van der Waals surface area contributed by atoms with Crippen LogP contribution >= 0.6 is 11.3 Å². The lowest BCUT2D eigenvalue weighted by atomic mass is 10.0. The number of ether oxygens (including phenoxy) is 1. The van der Waals surface area contributed by atoms with Crippen molar-refractivity contribution >= 4 is 17.3 Å². The molecule has 0 N–H and O–H groups in total. The van der Waals surface area contributed by atoms with Crippen LogP contribution in [-0.4, -0.2) is 18.1 Å². The quantitative estimate of drug-likeness (QED) is 0.794. The number of carbonyl (C=O) groups excluding carboxylic acids is 1. The molecule has 0 bridgehead atoms. The Kier molecular flexibility index (Phi) is 4.10. The number of carbonyl (C=O) groups is 1. The molecule has 0 spiro atoms. The van der Waals surface area contributed by atoms with Crippen molar-refractivity contribution in [3.05, 3.63) is 41.5 Å². The summed E-state index contributed by atoms with van der Waals surface area (Å²) in [5, 5.41) is 2.04. The Morgan fingerprint density at radius 3 is 3.00 bits per heavy atom. The summed E-state index contributed by atoms with van der Waals surface area (Å²) in [4.78, 5) is 16.8. The van der Waals surface area contributed by atoms with E-state index in [4.69, 9.17) is 4.74 Å². The van der Waals surface area contributed by atoms with Crippen molar-refractivity contribution in [3.8, 4) is 10.4 Å². The largest absolute Gasteiger partial charge is 0.469 e. The van der Waals surface area contributed by atoms with Crippen LogP contribution in [0, 0.1) is 5.92 Å². The van der Waals surface area contributed by atoms with Gasteiger partial charge in [0.15, 0.2) is 0 Å². The van der Waals surface area contributed by atoms with E-state index in [1.165, 1.54) is 12.0 Å². The molecule has 0 saturated heterocycles. The molecule has 1 atom stereocenters. The lowest BCUT2D eigenvalue weighted by molar-refractivity contribution is -0.144. The van der Waals surface area contributed by atoms with E-state index in [0.29, 0.717) is 6.42 Å². The van der Waals surface area contributed by atoms with Gasteiger partial charge in [-0.1, -0.05) is 13.0 Å². The molecular formula is C14H15NO2S. The molecule has 0 aliphatic carbocycles. The van der Waals surface area contributed by atoms with Gasteiger partial charge >= 0.3 is 5.97 Å². The molecule has 4 heteroatoms. The first-order valence-electron chi connectivity index (χ1n) is 5.76. The van der Waals surface area contributed by atoms with Gasteiger partial charge in [0.25, 0.3) is 0 Å². The molecule has 2 heterocycles. The predicted molar refractivity (Wildman–Crippen MR) is 72.4 cm³/mol. The van der Waals surface area contributed by atoms with Crippen molar-refractivity contribution in [2.24, 2.45) is 5.92 Å². The van der Waals surface area contributed by atoms with E-state index in [-0.39, 0.29) is 11.9 Å². The van der Waals surface area contributed by atoms with Crippen LogP contribution in [0.15, 0.2) is 36.0 Å². The van der Waals surface area contributed by atoms with Crippen LogP contribution in [0.3, 0.4) is 0 Å². The van der Waals surface area contributed by atoms with Crippen molar-refractivity contribution in [1.82, 2.24) is 4.98 Å². The van der Waals surface area contributed by atoms with Gasteiger partial charge in [-0.05, 0) is 29.5 Å². The molecule has 2 aromatic rings. The van der Waals surface area contributed by atoms with Crippen molar-refractivity contribution in [2.45, 2.75) is 13.3 Å². The Morgan fingerprint density at radius 2 is 2.33 bits per heavy atom. The molecular weight excluding hydrogens is 246 g/mol. The predicted octanol–water partition coefficient (Wildman–Crippen LogP) is 3.16. The van der Waals surface area contributed by atoms with Crippen LogP contribution in [0.1, 0.15) is 12.5 Å². The highest BCUT2D eigenvalue weighted by Gasteiger charge is 2.14. The van der Waals surface area contributed by atoms with Gasteiger partial charge in [0, 0.05) is 22.8 Å². The Hall–Kier alpha value is -1.68. The Labute approximate surface area is 110 Å². The Balaban J connectivity index is 2.15. The molecule has 0 aliphatic rings. The number of hydrogen-bond donors (Lipinski definition) is 0. The van der Waals surface area contributed by atoms with Crippen molar-refractivity contribution in [3.63, 3.8) is 0 Å². The third-order valence-corrected chi connectivity index (χ3v) is 3.66. The fourth-order valence-corrected chi connectivity index (χ4v) is 2.52. The van der Waals surface area contributed by atoms with Gasteiger partial charge in [0.1, 0.15) is 0 Å². The SMILES string of the molecule is COC(=O)C(C)Cc1cncc(-c2cccs2)c1. The van der Waals surface area contributed by atoms with E-state index in [0.717, 1.165) is 11.1 Å². The van der Waals surface area contributed by atoms with E-state index in [2.05, 4.69) is 17.1 Å². The average molecular weight is 261 g/mol. The molecule has 0 aromatic carbocycles. The smallest absolute Gasteiger partial charge is 0.308 e. The van der Waals surface area contributed by atoms with E-state index >= 15 is 0 Å². The lowest BCUT2D eigenvalue weighted by Crippen LogP contribution is -2.15. The van der Waals surface area contributed by atoms with Crippen LogP contribution in [0.25, 0.3) is 10.4 Å². The molecule has 0 amide bonds. The second-order valence-electron chi connectivity index (χ2n) is 4.19. The summed E-state index contributed by atoms with van der Waals surface area (Å²) in [6.07, 6.45) is 4.30. The number of thiophene rings is 1. The van der Waals surface area contributed by atoms with E-state index in [1.54, 1.807) is 17.5 Å². The number of aromatic nitrogens is 1. The summed E-state index contributed by atoms with van der Waals surface area (Å²) in [7, 11) is 1.42. The summed E-state index contributed by atoms with van der Waals surface area (Å²) in [6.45, 7) is 1.86. The van der Waals surface area contributed by atoms with Gasteiger partial charge in [-0.15, -0.1) is 11.3 Å². The molecule has 0 saturated carbocycles. The maximum atomic E-state index is 11.4. The van der Waals surface area contributed by atoms with Crippen molar-refractivity contribution < 1.29 is 9.53 Å². The van der Waals surface area contributed by atoms with Gasteiger partial charge < -0.3 is 4.74 Å². The minimum absolute atomic E-state index is 0.143. The zero-order chi connectivity index (χ0) is 13.0. The maximum Gasteiger partial charge on any atom is 0.308 e. The maximum absolute atomic E-state index is 11.4. The third-order valence-electron chi connectivity index (χ3n) is 2.75. The molecule has 0 aliphatic heterocycles. The van der Waals surface area contributed by atoms with Gasteiger partial charge in [-0.25, -0.2) is 0 Å². The minimum Gasteiger partial charge on any atom is -0.469 e. The number of rotatable bonds is 4. The number of esters is 1. The molecule has 1 unspecified atom stereocenters. The highest BCUT2D eigenvalue weighted by molar-refractivity contribution is 7.13. The highest BCUT2D eigenvalue weighted by atomic mass is 32.1. The first-order valence-corrected chi connectivity index (χ1v) is 6.64. The molecule has 94 valence electrons. The van der Waals surface area contributed by atoms with Crippen LogP contribution in [0.2, 0.25) is 0 Å². The average Bonchev–Trinajstić information content (AvgIpc) is 2.92. The zero-order valence-electron chi connectivity index (χ0n) is 10.4. The summed E-state index contributed by atoms with van der Waals surface area (Å²) in [5.41, 5.74) is 2.15. The summed E-state index contributed by atoms with van der Waals surface area (Å²) in [6, 6.07) is 6.16. The summed E-state index contributed by atoms with van der Waals surface area (Å²) < 4.78 is 4.73. The van der Waals surface area contributed by atoms with Gasteiger partial charge in [0.05, 0.1) is 13.0 Å². The monoisotopic (exact) mass is 261 g/mol. The highest BCUT2D eigenvalue weighted by Crippen LogP contribution is 2.25. The topological polar surface area (TPSA) is 39.2 Å². The molecule has 0 radical (unpaired) electrons. The van der Waals surface area contributed by atoms with Gasteiger partial charge in [-0.3, -0.25) is 9.78 Å². The van der Waals surface area contributed by atoms with Gasteiger partial charge in [-0.2, -0.15) is 0 Å². The number of methoxy groups -OCH3 is 1. The van der Waals surface area contributed by atoms with E-state index < -0.39 is 0 Å². The second-order valence-corrected chi connectivity index (χ2v) is 5.14. The van der Waals surface area contributed by atoms with Crippen LogP contribution < -0.4 is 0 Å². The first-order chi connectivity index (χ1) is 8.70. The number of hydrogen-bond acceptors (Lipinski definition) is 4. The fourth-order valence-electron chi connectivity index (χ4n) is 1.81. The van der Waals surface area contributed by atoms with Crippen LogP contribution in [0.4, 0.5) is 0 Å². The minimum atomic E-state index is -0.184. The number of pyridine rings is 1. The van der Waals surface area contributed by atoms with E-state index in [1.807, 2.05) is 24.6 Å². The third kappa shape index (κ3) is 2.96. The molecule has 2 aromatic heterocycles. The molecule has 2 rings (SSSR count). The first kappa shape index (κ1) is 12.8.